The van der Waals surface area contributed by atoms with Gasteiger partial charge in [-0.15, -0.1) is 0 Å². The normalized spacial score (nSPS) is 11.4. The molecule has 0 unspecified atom stereocenters. The van der Waals surface area contributed by atoms with Crippen LogP contribution in [0, 0.1) is 13.5 Å². The molecular formula is C15H10F5N3O2. The SMILES string of the molecule is [C-]#[N+]c1cc(C(F)F)cc(Oc2c(C(F)(F)CF)nc[nH]c2=O)c1C. The van der Waals surface area contributed by atoms with E-state index < -0.39 is 47.3 Å². The molecule has 2 rings (SSSR count). The summed E-state index contributed by atoms with van der Waals surface area (Å²) in [5.41, 5.74) is -3.16. The standard InChI is InChI=1S/C15H10F5N3O2/c1-7-9(21-2)3-8(13(17)18)4-10(7)25-11-12(15(19,20)5-16)22-6-23-14(11)24/h3-4,6,13H,5H2,1H3,(H,22,23,24). The van der Waals surface area contributed by atoms with E-state index in [9.17, 15) is 26.7 Å². The van der Waals surface area contributed by atoms with Gasteiger partial charge in [0, 0.05) is 5.56 Å². The highest BCUT2D eigenvalue weighted by Crippen LogP contribution is 2.38. The number of hydrogen-bond donors (Lipinski definition) is 1. The largest absolute Gasteiger partial charge is 0.450 e. The fourth-order valence-electron chi connectivity index (χ4n) is 1.96. The van der Waals surface area contributed by atoms with Crippen LogP contribution >= 0.6 is 0 Å². The number of halogens is 5. The van der Waals surface area contributed by atoms with Gasteiger partial charge >= 0.3 is 5.92 Å². The molecular weight excluding hydrogens is 349 g/mol. The molecule has 0 spiro atoms. The Morgan fingerprint density at radius 3 is 2.64 bits per heavy atom. The van der Waals surface area contributed by atoms with Gasteiger partial charge in [-0.05, 0) is 24.6 Å². The second kappa shape index (κ2) is 6.88. The van der Waals surface area contributed by atoms with Gasteiger partial charge in [-0.3, -0.25) is 4.79 Å². The Kier molecular flexibility index (Phi) is 5.06. The fraction of sp³-hybridized carbons (Fsp3) is 0.267. The zero-order valence-electron chi connectivity index (χ0n) is 12.6. The van der Waals surface area contributed by atoms with Crippen molar-refractivity contribution in [1.29, 1.82) is 0 Å². The second-order valence-corrected chi connectivity index (χ2v) is 4.93. The summed E-state index contributed by atoms with van der Waals surface area (Å²) in [6.07, 6.45) is -2.32. The van der Waals surface area contributed by atoms with Gasteiger partial charge < -0.3 is 9.72 Å². The van der Waals surface area contributed by atoms with E-state index in [-0.39, 0.29) is 11.3 Å². The number of ether oxygens (including phenoxy) is 1. The lowest BCUT2D eigenvalue weighted by molar-refractivity contribution is -0.0341. The third kappa shape index (κ3) is 3.60. The van der Waals surface area contributed by atoms with E-state index in [0.717, 1.165) is 12.1 Å². The summed E-state index contributed by atoms with van der Waals surface area (Å²) in [5, 5.41) is 0. The maximum absolute atomic E-state index is 13.6. The highest BCUT2D eigenvalue weighted by atomic mass is 19.3. The molecule has 0 fully saturated rings. The average Bonchev–Trinajstić information content (AvgIpc) is 2.57. The summed E-state index contributed by atoms with van der Waals surface area (Å²) in [4.78, 5) is 20.1. The van der Waals surface area contributed by atoms with Crippen LogP contribution in [-0.4, -0.2) is 16.6 Å². The van der Waals surface area contributed by atoms with Gasteiger partial charge in [-0.2, -0.15) is 8.78 Å². The molecule has 132 valence electrons. The van der Waals surface area contributed by atoms with Crippen LogP contribution in [0.3, 0.4) is 0 Å². The molecule has 25 heavy (non-hydrogen) atoms. The predicted molar refractivity (Wildman–Crippen MR) is 77.2 cm³/mol. The number of H-pyrrole nitrogens is 1. The van der Waals surface area contributed by atoms with E-state index in [1.54, 1.807) is 0 Å². The summed E-state index contributed by atoms with van der Waals surface area (Å²) in [7, 11) is 0. The Balaban J connectivity index is 2.64. The van der Waals surface area contributed by atoms with Gasteiger partial charge in [-0.1, -0.05) is 0 Å². The summed E-state index contributed by atoms with van der Waals surface area (Å²) in [6, 6.07) is 1.74. The van der Waals surface area contributed by atoms with Crippen LogP contribution in [0.2, 0.25) is 0 Å². The first-order valence-electron chi connectivity index (χ1n) is 6.71. The van der Waals surface area contributed by atoms with Crippen LogP contribution < -0.4 is 10.3 Å². The van der Waals surface area contributed by atoms with Crippen molar-refractivity contribution in [1.82, 2.24) is 9.97 Å². The molecule has 1 aromatic heterocycles. The molecule has 0 saturated heterocycles. The van der Waals surface area contributed by atoms with E-state index >= 15 is 0 Å². The van der Waals surface area contributed by atoms with Crippen LogP contribution in [0.4, 0.5) is 27.6 Å². The lowest BCUT2D eigenvalue weighted by Gasteiger charge is -2.17. The maximum Gasteiger partial charge on any atom is 0.321 e. The highest BCUT2D eigenvalue weighted by molar-refractivity contribution is 5.60. The van der Waals surface area contributed by atoms with Gasteiger partial charge in [0.05, 0.1) is 12.9 Å². The van der Waals surface area contributed by atoms with Crippen molar-refractivity contribution in [3.8, 4) is 11.5 Å². The van der Waals surface area contributed by atoms with Crippen molar-refractivity contribution in [2.45, 2.75) is 19.3 Å². The second-order valence-electron chi connectivity index (χ2n) is 4.93. The topological polar surface area (TPSA) is 59.3 Å². The van der Waals surface area contributed by atoms with Crippen molar-refractivity contribution in [3.05, 3.63) is 57.1 Å². The molecule has 0 bridgehead atoms. The number of hydrogen-bond acceptors (Lipinski definition) is 3. The molecule has 0 aliphatic heterocycles. The predicted octanol–water partition coefficient (Wildman–Crippen LogP) is 4.42. The Morgan fingerprint density at radius 1 is 1.40 bits per heavy atom. The molecule has 0 saturated carbocycles. The number of nitrogens with one attached hydrogen (secondary N) is 1. The Bertz CT molecular complexity index is 890. The zero-order chi connectivity index (χ0) is 18.8. The molecule has 0 radical (unpaired) electrons. The number of aromatic nitrogens is 2. The number of rotatable bonds is 5. The van der Waals surface area contributed by atoms with Crippen LogP contribution in [0.15, 0.2) is 23.3 Å². The molecule has 0 aliphatic carbocycles. The third-order valence-corrected chi connectivity index (χ3v) is 3.26. The van der Waals surface area contributed by atoms with Crippen LogP contribution in [0.25, 0.3) is 4.85 Å². The minimum absolute atomic E-state index is 0.0529. The molecule has 0 aliphatic rings. The van der Waals surface area contributed by atoms with Crippen molar-refractivity contribution in [3.63, 3.8) is 0 Å². The smallest absolute Gasteiger partial charge is 0.321 e. The number of benzene rings is 1. The highest BCUT2D eigenvalue weighted by Gasteiger charge is 2.38. The molecule has 5 nitrogen and oxygen atoms in total. The summed E-state index contributed by atoms with van der Waals surface area (Å²) in [5.74, 6) is -5.55. The molecule has 1 aromatic carbocycles. The average molecular weight is 359 g/mol. The molecule has 0 atom stereocenters. The molecule has 0 amide bonds. The first-order valence-corrected chi connectivity index (χ1v) is 6.71. The van der Waals surface area contributed by atoms with Crippen molar-refractivity contribution < 1.29 is 26.7 Å². The third-order valence-electron chi connectivity index (χ3n) is 3.26. The monoisotopic (exact) mass is 359 g/mol. The van der Waals surface area contributed by atoms with Gasteiger partial charge in [0.2, 0.25) is 5.75 Å². The van der Waals surface area contributed by atoms with Crippen molar-refractivity contribution in [2.24, 2.45) is 0 Å². The zero-order valence-corrected chi connectivity index (χ0v) is 12.6. The molecule has 10 heteroatoms. The maximum atomic E-state index is 13.6. The first-order chi connectivity index (χ1) is 11.7. The number of nitrogens with zero attached hydrogens (tertiary/aromatic N) is 2. The Hall–Kier alpha value is -2.96. The summed E-state index contributed by atoms with van der Waals surface area (Å²) >= 11 is 0. The summed E-state index contributed by atoms with van der Waals surface area (Å²) < 4.78 is 70.8. The van der Waals surface area contributed by atoms with Gasteiger partial charge in [0.25, 0.3) is 12.0 Å². The molecule has 1 heterocycles. The Morgan fingerprint density at radius 2 is 2.08 bits per heavy atom. The van der Waals surface area contributed by atoms with Gasteiger partial charge in [0.15, 0.2) is 18.1 Å². The minimum atomic E-state index is -4.11. The first kappa shape index (κ1) is 18.4. The number of alkyl halides is 5. The van der Waals surface area contributed by atoms with Crippen LogP contribution in [0.5, 0.6) is 11.5 Å². The Labute approximate surface area is 137 Å². The van der Waals surface area contributed by atoms with Crippen LogP contribution in [0.1, 0.15) is 23.2 Å². The molecule has 1 N–H and O–H groups in total. The van der Waals surface area contributed by atoms with E-state index in [4.69, 9.17) is 11.3 Å². The van der Waals surface area contributed by atoms with Crippen molar-refractivity contribution in [2.75, 3.05) is 6.67 Å². The minimum Gasteiger partial charge on any atom is -0.450 e. The van der Waals surface area contributed by atoms with Crippen LogP contribution in [-0.2, 0) is 5.92 Å². The van der Waals surface area contributed by atoms with Gasteiger partial charge in [-0.25, -0.2) is 23.0 Å². The number of aromatic amines is 1. The quantitative estimate of drug-likeness (QED) is 0.635. The van der Waals surface area contributed by atoms with E-state index in [1.165, 1.54) is 6.92 Å². The molecule has 2 aromatic rings. The summed E-state index contributed by atoms with van der Waals surface area (Å²) in [6.45, 7) is 6.18. The van der Waals surface area contributed by atoms with Gasteiger partial charge in [0.1, 0.15) is 5.75 Å². The van der Waals surface area contributed by atoms with E-state index in [2.05, 4.69) is 9.83 Å². The van der Waals surface area contributed by atoms with Crippen molar-refractivity contribution >= 4 is 5.69 Å². The van der Waals surface area contributed by atoms with E-state index in [0.29, 0.717) is 6.33 Å². The lowest BCUT2D eigenvalue weighted by Crippen LogP contribution is -2.24. The van der Waals surface area contributed by atoms with E-state index in [1.807, 2.05) is 4.98 Å². The lowest BCUT2D eigenvalue weighted by atomic mass is 10.1. The fourth-order valence-corrected chi connectivity index (χ4v) is 1.96.